The van der Waals surface area contributed by atoms with Gasteiger partial charge in [0.2, 0.25) is 0 Å². The van der Waals surface area contributed by atoms with Gasteiger partial charge in [0.1, 0.15) is 12.6 Å². The van der Waals surface area contributed by atoms with Gasteiger partial charge in [-0.3, -0.25) is 0 Å². The number of hydrogen-bond donors (Lipinski definition) is 1. The third-order valence-electron chi connectivity index (χ3n) is 4.01. The van der Waals surface area contributed by atoms with Crippen molar-refractivity contribution in [2.75, 3.05) is 26.2 Å². The first-order chi connectivity index (χ1) is 10.8. The Kier molecular flexibility index (Phi) is 17.7. The van der Waals surface area contributed by atoms with Crippen LogP contribution in [-0.4, -0.2) is 48.8 Å². The van der Waals surface area contributed by atoms with Gasteiger partial charge >= 0.3 is 0 Å². The molecule has 0 aliphatic heterocycles. The molecule has 0 aromatic rings. The molecule has 130 valence electrons. The average molecular weight is 313 g/mol. The first-order valence-electron chi connectivity index (χ1n) is 9.05. The van der Waals surface area contributed by atoms with E-state index in [2.05, 4.69) is 4.90 Å². The predicted octanol–water partition coefficient (Wildman–Crippen LogP) is 3.36. The fraction of sp³-hybridized carbons (Fsp3) is 0.889. The number of unbranched alkanes of at least 4 members (excludes halogenated alkanes) is 10. The van der Waals surface area contributed by atoms with Crippen molar-refractivity contribution >= 4 is 12.6 Å². The number of nitrogens with zero attached hydrogens (tertiary/aromatic N) is 1. The van der Waals surface area contributed by atoms with Crippen LogP contribution in [0.5, 0.6) is 0 Å². The Labute approximate surface area is 136 Å². The van der Waals surface area contributed by atoms with Gasteiger partial charge in [0.25, 0.3) is 0 Å². The molecule has 0 saturated heterocycles. The van der Waals surface area contributed by atoms with Crippen LogP contribution in [0.1, 0.15) is 77.0 Å². The van der Waals surface area contributed by atoms with Crippen LogP contribution in [0, 0.1) is 0 Å². The standard InChI is InChI=1S/C18H35NO3/c20-16-11-7-3-1-5-9-13-19(15-18-22)14-10-6-2-4-8-12-17-21/h16-17,22H,1-15,18H2. The molecule has 0 amide bonds. The summed E-state index contributed by atoms with van der Waals surface area (Å²) < 4.78 is 0. The molecule has 0 spiro atoms. The highest BCUT2D eigenvalue weighted by molar-refractivity contribution is 5.49. The lowest BCUT2D eigenvalue weighted by Crippen LogP contribution is -2.29. The lowest BCUT2D eigenvalue weighted by Gasteiger charge is -2.21. The van der Waals surface area contributed by atoms with E-state index in [9.17, 15) is 9.59 Å². The molecule has 22 heavy (non-hydrogen) atoms. The molecule has 0 aliphatic carbocycles. The first kappa shape index (κ1) is 21.3. The van der Waals surface area contributed by atoms with Gasteiger partial charge in [-0.1, -0.05) is 38.5 Å². The molecule has 4 nitrogen and oxygen atoms in total. The number of rotatable bonds is 18. The van der Waals surface area contributed by atoms with E-state index < -0.39 is 0 Å². The van der Waals surface area contributed by atoms with Crippen LogP contribution in [0.15, 0.2) is 0 Å². The summed E-state index contributed by atoms with van der Waals surface area (Å²) in [4.78, 5) is 22.8. The van der Waals surface area contributed by atoms with Crippen LogP contribution in [-0.2, 0) is 9.59 Å². The SMILES string of the molecule is O=CCCCCCCCN(CCO)CCCCCCCC=O. The fourth-order valence-corrected chi connectivity index (χ4v) is 2.66. The van der Waals surface area contributed by atoms with Crippen LogP contribution in [0.2, 0.25) is 0 Å². The molecule has 0 rings (SSSR count). The summed E-state index contributed by atoms with van der Waals surface area (Å²) in [7, 11) is 0. The summed E-state index contributed by atoms with van der Waals surface area (Å²) in [5.41, 5.74) is 0. The Morgan fingerprint density at radius 3 is 1.41 bits per heavy atom. The molecule has 4 heteroatoms. The molecule has 0 bridgehead atoms. The minimum absolute atomic E-state index is 0.235. The van der Waals surface area contributed by atoms with Gasteiger partial charge in [-0.15, -0.1) is 0 Å². The highest BCUT2D eigenvalue weighted by atomic mass is 16.3. The second-order valence-corrected chi connectivity index (χ2v) is 6.01. The maximum Gasteiger partial charge on any atom is 0.119 e. The molecule has 0 aromatic heterocycles. The molecule has 0 fully saturated rings. The van der Waals surface area contributed by atoms with Gasteiger partial charge in [0.15, 0.2) is 0 Å². The highest BCUT2D eigenvalue weighted by Gasteiger charge is 2.03. The molecule has 0 atom stereocenters. The van der Waals surface area contributed by atoms with Gasteiger partial charge in [-0.2, -0.15) is 0 Å². The van der Waals surface area contributed by atoms with Crippen molar-refractivity contribution in [2.24, 2.45) is 0 Å². The summed E-state index contributed by atoms with van der Waals surface area (Å²) in [5.74, 6) is 0. The van der Waals surface area contributed by atoms with Crippen molar-refractivity contribution in [2.45, 2.75) is 77.0 Å². The van der Waals surface area contributed by atoms with E-state index >= 15 is 0 Å². The Bertz CT molecular complexity index is 224. The second-order valence-electron chi connectivity index (χ2n) is 6.01. The van der Waals surface area contributed by atoms with E-state index in [-0.39, 0.29) is 6.61 Å². The van der Waals surface area contributed by atoms with E-state index in [1.165, 1.54) is 38.5 Å². The summed E-state index contributed by atoms with van der Waals surface area (Å²) in [5, 5.41) is 9.13. The molecule has 0 radical (unpaired) electrons. The molecular weight excluding hydrogens is 278 g/mol. The molecule has 0 aromatic carbocycles. The van der Waals surface area contributed by atoms with Gasteiger partial charge in [-0.05, 0) is 38.8 Å². The molecule has 0 heterocycles. The first-order valence-corrected chi connectivity index (χ1v) is 9.05. The van der Waals surface area contributed by atoms with Gasteiger partial charge < -0.3 is 19.6 Å². The minimum atomic E-state index is 0.235. The Morgan fingerprint density at radius 1 is 0.591 bits per heavy atom. The fourth-order valence-electron chi connectivity index (χ4n) is 2.66. The topological polar surface area (TPSA) is 57.6 Å². The van der Waals surface area contributed by atoms with E-state index in [1.54, 1.807) is 0 Å². The van der Waals surface area contributed by atoms with Crippen molar-refractivity contribution in [3.63, 3.8) is 0 Å². The number of aliphatic hydroxyl groups excluding tert-OH is 1. The number of aldehydes is 2. The molecule has 1 N–H and O–H groups in total. The van der Waals surface area contributed by atoms with Crippen LogP contribution >= 0.6 is 0 Å². The molecule has 0 aliphatic rings. The van der Waals surface area contributed by atoms with Crippen LogP contribution < -0.4 is 0 Å². The Hall–Kier alpha value is -0.740. The van der Waals surface area contributed by atoms with Gasteiger partial charge in [0.05, 0.1) is 6.61 Å². The van der Waals surface area contributed by atoms with Crippen LogP contribution in [0.3, 0.4) is 0 Å². The molecule has 0 unspecified atom stereocenters. The number of aliphatic hydroxyl groups is 1. The van der Waals surface area contributed by atoms with E-state index in [0.717, 1.165) is 57.9 Å². The quantitative estimate of drug-likeness (QED) is 0.311. The van der Waals surface area contributed by atoms with E-state index in [4.69, 9.17) is 5.11 Å². The smallest absolute Gasteiger partial charge is 0.119 e. The summed E-state index contributed by atoms with van der Waals surface area (Å²) in [6, 6.07) is 0. The Balaban J connectivity index is 3.47. The van der Waals surface area contributed by atoms with Crippen molar-refractivity contribution < 1.29 is 14.7 Å². The third-order valence-corrected chi connectivity index (χ3v) is 4.01. The number of carbonyl (C=O) groups excluding carboxylic acids is 2. The maximum atomic E-state index is 10.2. The number of carbonyl (C=O) groups is 2. The third kappa shape index (κ3) is 15.6. The van der Waals surface area contributed by atoms with Crippen LogP contribution in [0.4, 0.5) is 0 Å². The molecular formula is C18H35NO3. The van der Waals surface area contributed by atoms with E-state index in [0.29, 0.717) is 12.8 Å². The summed E-state index contributed by atoms with van der Waals surface area (Å²) >= 11 is 0. The maximum absolute atomic E-state index is 10.2. The Morgan fingerprint density at radius 2 is 1.00 bits per heavy atom. The minimum Gasteiger partial charge on any atom is -0.395 e. The largest absolute Gasteiger partial charge is 0.395 e. The summed E-state index contributed by atoms with van der Waals surface area (Å²) in [6.45, 7) is 3.15. The van der Waals surface area contributed by atoms with Crippen molar-refractivity contribution in [1.29, 1.82) is 0 Å². The monoisotopic (exact) mass is 313 g/mol. The average Bonchev–Trinajstić information content (AvgIpc) is 2.53. The van der Waals surface area contributed by atoms with E-state index in [1.807, 2.05) is 0 Å². The van der Waals surface area contributed by atoms with Gasteiger partial charge in [-0.25, -0.2) is 0 Å². The lowest BCUT2D eigenvalue weighted by molar-refractivity contribution is -0.108. The van der Waals surface area contributed by atoms with Crippen LogP contribution in [0.25, 0.3) is 0 Å². The van der Waals surface area contributed by atoms with Crippen molar-refractivity contribution in [3.8, 4) is 0 Å². The zero-order valence-electron chi connectivity index (χ0n) is 14.2. The lowest BCUT2D eigenvalue weighted by atomic mass is 10.1. The summed E-state index contributed by atoms with van der Waals surface area (Å²) in [6.07, 6.45) is 15.0. The highest BCUT2D eigenvalue weighted by Crippen LogP contribution is 2.08. The normalized spacial score (nSPS) is 11.0. The van der Waals surface area contributed by atoms with Crippen molar-refractivity contribution in [1.82, 2.24) is 4.90 Å². The van der Waals surface area contributed by atoms with Gasteiger partial charge in [0, 0.05) is 19.4 Å². The zero-order chi connectivity index (χ0) is 16.3. The second kappa shape index (κ2) is 18.3. The predicted molar refractivity (Wildman–Crippen MR) is 91.1 cm³/mol. The zero-order valence-corrected chi connectivity index (χ0v) is 14.2. The molecule has 0 saturated carbocycles. The van der Waals surface area contributed by atoms with Crippen molar-refractivity contribution in [3.05, 3.63) is 0 Å². The number of hydrogen-bond acceptors (Lipinski definition) is 4.